The van der Waals surface area contributed by atoms with Crippen LogP contribution < -0.4 is 5.43 Å². The third-order valence-corrected chi connectivity index (χ3v) is 3.25. The maximum Gasteiger partial charge on any atom is 0.271 e. The second kappa shape index (κ2) is 6.34. The number of hydrogen-bond acceptors (Lipinski definition) is 3. The molecule has 2 N–H and O–H groups in total. The molecule has 5 heteroatoms. The monoisotopic (exact) mass is 332 g/mol. The number of carbonyl (C=O) groups is 1. The Morgan fingerprint density at radius 1 is 1.05 bits per heavy atom. The normalized spacial score (nSPS) is 11.2. The van der Waals surface area contributed by atoms with E-state index in [9.17, 15) is 4.79 Å². The highest BCUT2D eigenvalue weighted by Gasteiger charge is 2.04. The molecule has 0 unspecified atom stereocenters. The quantitative estimate of drug-likeness (QED) is 0.669. The molecule has 0 radical (unpaired) electrons. The minimum atomic E-state index is -0.318. The van der Waals surface area contributed by atoms with Crippen LogP contribution in [-0.2, 0) is 0 Å². The van der Waals surface area contributed by atoms with Gasteiger partial charge in [-0.2, -0.15) is 5.10 Å². The van der Waals surface area contributed by atoms with Gasteiger partial charge in [0.1, 0.15) is 5.75 Å². The van der Waals surface area contributed by atoms with E-state index in [1.807, 2.05) is 31.2 Å². The number of amides is 1. The Bertz CT molecular complexity index is 634. The number of phenolic OH excluding ortho intramolecular Hbond substituents is 1. The molecule has 4 nitrogen and oxygen atoms in total. The first kappa shape index (κ1) is 14.3. The Morgan fingerprint density at radius 3 is 2.20 bits per heavy atom. The molecule has 0 aromatic heterocycles. The lowest BCUT2D eigenvalue weighted by Crippen LogP contribution is -2.19. The van der Waals surface area contributed by atoms with Gasteiger partial charge in [-0.1, -0.05) is 28.1 Å². The van der Waals surface area contributed by atoms with E-state index in [1.54, 1.807) is 0 Å². The van der Waals surface area contributed by atoms with Gasteiger partial charge in [0.15, 0.2) is 0 Å². The van der Waals surface area contributed by atoms with Crippen LogP contribution in [0.3, 0.4) is 0 Å². The number of nitrogens with zero attached hydrogens (tertiary/aromatic N) is 1. The number of benzene rings is 2. The Kier molecular flexibility index (Phi) is 4.53. The van der Waals surface area contributed by atoms with Gasteiger partial charge in [-0.15, -0.1) is 0 Å². The first-order valence-corrected chi connectivity index (χ1v) is 6.75. The van der Waals surface area contributed by atoms with Crippen molar-refractivity contribution in [2.75, 3.05) is 0 Å². The summed E-state index contributed by atoms with van der Waals surface area (Å²) in [6, 6.07) is 13.6. The first-order valence-electron chi connectivity index (χ1n) is 5.96. The van der Waals surface area contributed by atoms with Crippen molar-refractivity contribution in [1.82, 2.24) is 5.43 Å². The van der Waals surface area contributed by atoms with Gasteiger partial charge in [0.2, 0.25) is 0 Å². The molecule has 0 aliphatic heterocycles. The van der Waals surface area contributed by atoms with Crippen molar-refractivity contribution in [3.05, 3.63) is 64.1 Å². The van der Waals surface area contributed by atoms with Crippen molar-refractivity contribution < 1.29 is 9.90 Å². The Hall–Kier alpha value is -2.14. The average molecular weight is 333 g/mol. The van der Waals surface area contributed by atoms with Gasteiger partial charge in [0.25, 0.3) is 5.91 Å². The minimum absolute atomic E-state index is 0.121. The number of nitrogens with one attached hydrogen (secondary N) is 1. The summed E-state index contributed by atoms with van der Waals surface area (Å²) in [5.74, 6) is -0.197. The zero-order chi connectivity index (χ0) is 14.5. The summed E-state index contributed by atoms with van der Waals surface area (Å²) in [7, 11) is 0. The van der Waals surface area contributed by atoms with Gasteiger partial charge < -0.3 is 5.11 Å². The van der Waals surface area contributed by atoms with E-state index >= 15 is 0 Å². The van der Waals surface area contributed by atoms with Crippen LogP contribution in [0, 0.1) is 0 Å². The lowest BCUT2D eigenvalue weighted by molar-refractivity contribution is 0.0955. The third kappa shape index (κ3) is 3.68. The standard InChI is InChI=1S/C15H13BrN2O2/c1-10(11-2-6-13(16)7-3-11)17-18-15(20)12-4-8-14(19)9-5-12/h2-9,19H,1H3,(H,18,20)/b17-10-. The van der Waals surface area contributed by atoms with Crippen molar-refractivity contribution in [3.8, 4) is 5.75 Å². The number of aromatic hydroxyl groups is 1. The summed E-state index contributed by atoms with van der Waals surface area (Å²) in [5, 5.41) is 13.2. The van der Waals surface area contributed by atoms with Gasteiger partial charge in [-0.05, 0) is 48.9 Å². The van der Waals surface area contributed by atoms with Crippen molar-refractivity contribution in [2.24, 2.45) is 5.10 Å². The van der Waals surface area contributed by atoms with Crippen molar-refractivity contribution in [2.45, 2.75) is 6.92 Å². The molecule has 20 heavy (non-hydrogen) atoms. The predicted octanol–water partition coefficient (Wildman–Crippen LogP) is 3.31. The molecule has 0 saturated heterocycles. The van der Waals surface area contributed by atoms with E-state index in [-0.39, 0.29) is 11.7 Å². The lowest BCUT2D eigenvalue weighted by atomic mass is 10.1. The summed E-state index contributed by atoms with van der Waals surface area (Å²) in [6.07, 6.45) is 0. The summed E-state index contributed by atoms with van der Waals surface area (Å²) < 4.78 is 0.988. The van der Waals surface area contributed by atoms with Gasteiger partial charge in [0.05, 0.1) is 5.71 Å². The topological polar surface area (TPSA) is 61.7 Å². The SMILES string of the molecule is C/C(=N/NC(=O)c1ccc(O)cc1)c1ccc(Br)cc1. The zero-order valence-electron chi connectivity index (χ0n) is 10.8. The fourth-order valence-corrected chi connectivity index (χ4v) is 1.83. The molecule has 0 spiro atoms. The van der Waals surface area contributed by atoms with Crippen LogP contribution in [0.15, 0.2) is 58.1 Å². The number of rotatable bonds is 3. The molecule has 102 valence electrons. The molecule has 1 amide bonds. The van der Waals surface area contributed by atoms with Gasteiger partial charge in [-0.3, -0.25) is 4.79 Å². The number of hydrogen-bond donors (Lipinski definition) is 2. The number of halogens is 1. The van der Waals surface area contributed by atoms with Crippen LogP contribution in [0.25, 0.3) is 0 Å². The number of hydrazone groups is 1. The van der Waals surface area contributed by atoms with E-state index in [1.165, 1.54) is 24.3 Å². The van der Waals surface area contributed by atoms with E-state index in [2.05, 4.69) is 26.5 Å². The van der Waals surface area contributed by atoms with Crippen LogP contribution in [0.1, 0.15) is 22.8 Å². The summed E-state index contributed by atoms with van der Waals surface area (Å²) in [4.78, 5) is 11.8. The highest BCUT2D eigenvalue weighted by atomic mass is 79.9. The van der Waals surface area contributed by atoms with Gasteiger partial charge in [0, 0.05) is 10.0 Å². The molecule has 0 aliphatic carbocycles. The highest BCUT2D eigenvalue weighted by Crippen LogP contribution is 2.11. The average Bonchev–Trinajstić information content (AvgIpc) is 2.46. The van der Waals surface area contributed by atoms with Crippen molar-refractivity contribution in [1.29, 1.82) is 0 Å². The van der Waals surface area contributed by atoms with Crippen LogP contribution in [-0.4, -0.2) is 16.7 Å². The van der Waals surface area contributed by atoms with Crippen LogP contribution in [0.4, 0.5) is 0 Å². The molecule has 2 aromatic carbocycles. The smallest absolute Gasteiger partial charge is 0.271 e. The largest absolute Gasteiger partial charge is 0.508 e. The minimum Gasteiger partial charge on any atom is -0.508 e. The van der Waals surface area contributed by atoms with E-state index in [4.69, 9.17) is 5.11 Å². The Morgan fingerprint density at radius 2 is 1.60 bits per heavy atom. The van der Waals surface area contributed by atoms with Crippen molar-refractivity contribution >= 4 is 27.5 Å². The maximum atomic E-state index is 11.8. The van der Waals surface area contributed by atoms with E-state index in [0.717, 1.165) is 10.0 Å². The van der Waals surface area contributed by atoms with Gasteiger partial charge >= 0.3 is 0 Å². The van der Waals surface area contributed by atoms with Crippen LogP contribution >= 0.6 is 15.9 Å². The molecular formula is C15H13BrN2O2. The second-order valence-corrected chi connectivity index (χ2v) is 5.11. The molecular weight excluding hydrogens is 320 g/mol. The molecule has 0 atom stereocenters. The van der Waals surface area contributed by atoms with E-state index < -0.39 is 0 Å². The predicted molar refractivity (Wildman–Crippen MR) is 81.9 cm³/mol. The van der Waals surface area contributed by atoms with Crippen molar-refractivity contribution in [3.63, 3.8) is 0 Å². The van der Waals surface area contributed by atoms with Crippen LogP contribution in [0.5, 0.6) is 5.75 Å². The zero-order valence-corrected chi connectivity index (χ0v) is 12.4. The second-order valence-electron chi connectivity index (χ2n) is 4.19. The first-order chi connectivity index (χ1) is 9.56. The molecule has 0 aliphatic rings. The fraction of sp³-hybridized carbons (Fsp3) is 0.0667. The molecule has 0 fully saturated rings. The summed E-state index contributed by atoms with van der Waals surface area (Å²) >= 11 is 3.36. The fourth-order valence-electron chi connectivity index (χ4n) is 1.57. The maximum absolute atomic E-state index is 11.8. The third-order valence-electron chi connectivity index (χ3n) is 2.72. The molecule has 0 heterocycles. The molecule has 0 saturated carbocycles. The molecule has 0 bridgehead atoms. The molecule has 2 aromatic rings. The van der Waals surface area contributed by atoms with Crippen LogP contribution in [0.2, 0.25) is 0 Å². The highest BCUT2D eigenvalue weighted by molar-refractivity contribution is 9.10. The van der Waals surface area contributed by atoms with Gasteiger partial charge in [-0.25, -0.2) is 5.43 Å². The van der Waals surface area contributed by atoms with E-state index in [0.29, 0.717) is 11.3 Å². The Labute approximate surface area is 125 Å². The molecule has 2 rings (SSSR count). The Balaban J connectivity index is 2.06. The summed E-state index contributed by atoms with van der Waals surface area (Å²) in [5.41, 5.74) is 4.57. The number of carbonyl (C=O) groups excluding carboxylic acids is 1. The lowest BCUT2D eigenvalue weighted by Gasteiger charge is -2.03. The number of phenols is 1. The summed E-state index contributed by atoms with van der Waals surface area (Å²) in [6.45, 7) is 1.82.